The summed E-state index contributed by atoms with van der Waals surface area (Å²) in [6.07, 6.45) is 0. The summed E-state index contributed by atoms with van der Waals surface area (Å²) in [6, 6.07) is 16.0. The number of amides is 1. The molecule has 1 aromatic heterocycles. The predicted molar refractivity (Wildman–Crippen MR) is 130 cm³/mol. The molecule has 1 fully saturated rings. The SMILES string of the molecule is Cc1ccc(Nc2nc(-c3cccc(NC(=O)[C@@H]4CSC(=S)N4)c3)c(C#N)c(=O)[nH]2)cc1. The summed E-state index contributed by atoms with van der Waals surface area (Å²) in [6.45, 7) is 1.98. The van der Waals surface area contributed by atoms with E-state index < -0.39 is 11.6 Å². The van der Waals surface area contributed by atoms with Crippen molar-refractivity contribution in [2.75, 3.05) is 16.4 Å². The number of nitriles is 1. The lowest BCUT2D eigenvalue weighted by Gasteiger charge is -2.12. The second-order valence-corrected chi connectivity index (χ2v) is 8.80. The van der Waals surface area contributed by atoms with Crippen molar-refractivity contribution in [2.45, 2.75) is 13.0 Å². The second kappa shape index (κ2) is 9.21. The van der Waals surface area contributed by atoms with Gasteiger partial charge in [-0.2, -0.15) is 5.26 Å². The number of H-pyrrole nitrogens is 1. The van der Waals surface area contributed by atoms with Gasteiger partial charge in [0.1, 0.15) is 22.0 Å². The van der Waals surface area contributed by atoms with Crippen LogP contribution in [-0.4, -0.2) is 32.0 Å². The molecule has 3 aromatic rings. The molecule has 0 spiro atoms. The fraction of sp³-hybridized carbons (Fsp3) is 0.136. The van der Waals surface area contributed by atoms with Crippen molar-refractivity contribution >= 4 is 51.5 Å². The number of carbonyl (C=O) groups is 1. The molecule has 2 aromatic carbocycles. The molecule has 0 unspecified atom stereocenters. The van der Waals surface area contributed by atoms with E-state index >= 15 is 0 Å². The Morgan fingerprint density at radius 1 is 1.25 bits per heavy atom. The average molecular weight is 463 g/mol. The number of nitrogens with zero attached hydrogens (tertiary/aromatic N) is 2. The number of benzene rings is 2. The Kier molecular flexibility index (Phi) is 6.20. The molecule has 1 amide bonds. The highest BCUT2D eigenvalue weighted by Gasteiger charge is 2.26. The maximum Gasteiger partial charge on any atom is 0.270 e. The molecule has 0 saturated carbocycles. The molecule has 8 nitrogen and oxygen atoms in total. The number of anilines is 3. The number of hydrogen-bond acceptors (Lipinski definition) is 7. The summed E-state index contributed by atoms with van der Waals surface area (Å²) in [5, 5.41) is 18.4. The maximum atomic E-state index is 12.5. The molecule has 1 aliphatic rings. The highest BCUT2D eigenvalue weighted by molar-refractivity contribution is 8.23. The lowest BCUT2D eigenvalue weighted by molar-refractivity contribution is -0.117. The third-order valence-corrected chi connectivity index (χ3v) is 6.09. The van der Waals surface area contributed by atoms with Gasteiger partial charge in [-0.05, 0) is 31.2 Å². The largest absolute Gasteiger partial charge is 0.359 e. The molecular weight excluding hydrogens is 444 g/mol. The average Bonchev–Trinajstić information content (AvgIpc) is 3.22. The van der Waals surface area contributed by atoms with Gasteiger partial charge in [-0.15, -0.1) is 0 Å². The lowest BCUT2D eigenvalue weighted by Crippen LogP contribution is -2.38. The molecule has 0 aliphatic carbocycles. The van der Waals surface area contributed by atoms with Crippen molar-refractivity contribution in [2.24, 2.45) is 0 Å². The summed E-state index contributed by atoms with van der Waals surface area (Å²) >= 11 is 6.49. The van der Waals surface area contributed by atoms with Gasteiger partial charge >= 0.3 is 0 Å². The van der Waals surface area contributed by atoms with E-state index in [1.54, 1.807) is 24.3 Å². The third-order valence-electron chi connectivity index (χ3n) is 4.74. The first kappa shape index (κ1) is 21.5. The van der Waals surface area contributed by atoms with Gasteiger partial charge in [-0.1, -0.05) is 53.8 Å². The van der Waals surface area contributed by atoms with Crippen molar-refractivity contribution in [1.82, 2.24) is 15.3 Å². The van der Waals surface area contributed by atoms with E-state index in [9.17, 15) is 14.9 Å². The van der Waals surface area contributed by atoms with Crippen LogP contribution in [0.25, 0.3) is 11.3 Å². The minimum absolute atomic E-state index is 0.109. The number of aryl methyl sites for hydroxylation is 1. The third kappa shape index (κ3) is 4.80. The first-order chi connectivity index (χ1) is 15.4. The van der Waals surface area contributed by atoms with Crippen LogP contribution in [0.4, 0.5) is 17.3 Å². The Hall–Kier alpha value is -3.68. The van der Waals surface area contributed by atoms with E-state index in [1.165, 1.54) is 11.8 Å². The quantitative estimate of drug-likeness (QED) is 0.426. The molecule has 160 valence electrons. The molecule has 1 aliphatic heterocycles. The van der Waals surface area contributed by atoms with E-state index in [0.29, 0.717) is 21.3 Å². The summed E-state index contributed by atoms with van der Waals surface area (Å²) in [5.74, 6) is 0.561. The van der Waals surface area contributed by atoms with E-state index in [2.05, 4.69) is 25.9 Å². The molecule has 32 heavy (non-hydrogen) atoms. The van der Waals surface area contributed by atoms with Crippen LogP contribution in [0.2, 0.25) is 0 Å². The monoisotopic (exact) mass is 462 g/mol. The summed E-state index contributed by atoms with van der Waals surface area (Å²) in [4.78, 5) is 32.1. The standard InChI is InChI=1S/C22H18N6O2S2/c1-12-5-7-14(8-6-12)25-21-27-18(16(10-23)19(29)28-21)13-3-2-4-15(9-13)24-20(30)17-11-32-22(31)26-17/h2-9,17H,11H2,1H3,(H,24,30)(H,26,31)(H2,25,27,28,29)/t17-/m0/s1. The van der Waals surface area contributed by atoms with Gasteiger partial charge in [-0.3, -0.25) is 14.6 Å². The second-order valence-electron chi connectivity index (χ2n) is 7.11. The molecule has 1 saturated heterocycles. The van der Waals surface area contributed by atoms with Crippen molar-refractivity contribution in [3.05, 3.63) is 70.0 Å². The minimum Gasteiger partial charge on any atom is -0.359 e. The highest BCUT2D eigenvalue weighted by Crippen LogP contribution is 2.25. The fourth-order valence-electron chi connectivity index (χ4n) is 3.12. The molecule has 4 N–H and O–H groups in total. The van der Waals surface area contributed by atoms with Crippen molar-refractivity contribution in [1.29, 1.82) is 5.26 Å². The predicted octanol–water partition coefficient (Wildman–Crippen LogP) is 3.29. The van der Waals surface area contributed by atoms with Gasteiger partial charge < -0.3 is 16.0 Å². The summed E-state index contributed by atoms with van der Waals surface area (Å²) in [7, 11) is 0. The van der Waals surface area contributed by atoms with Gasteiger partial charge in [-0.25, -0.2) is 4.98 Å². The Morgan fingerprint density at radius 2 is 2.03 bits per heavy atom. The number of aromatic nitrogens is 2. The number of carbonyl (C=O) groups excluding carboxylic acids is 1. The fourth-order valence-corrected chi connectivity index (χ4v) is 4.24. The van der Waals surface area contributed by atoms with Gasteiger partial charge in [0.2, 0.25) is 11.9 Å². The van der Waals surface area contributed by atoms with Crippen LogP contribution in [0.1, 0.15) is 11.1 Å². The molecule has 0 bridgehead atoms. The minimum atomic E-state index is -0.553. The number of hydrogen-bond donors (Lipinski definition) is 4. The Balaban J connectivity index is 1.64. The first-order valence-electron chi connectivity index (χ1n) is 9.65. The molecule has 2 heterocycles. The van der Waals surface area contributed by atoms with Gasteiger partial charge in [0.15, 0.2) is 0 Å². The topological polar surface area (TPSA) is 123 Å². The molecule has 10 heteroatoms. The first-order valence-corrected chi connectivity index (χ1v) is 11.0. The zero-order chi connectivity index (χ0) is 22.7. The van der Waals surface area contributed by atoms with Crippen LogP contribution < -0.4 is 21.5 Å². The lowest BCUT2D eigenvalue weighted by atomic mass is 10.1. The van der Waals surface area contributed by atoms with E-state index in [-0.39, 0.29) is 23.1 Å². The van der Waals surface area contributed by atoms with Gasteiger partial charge in [0.25, 0.3) is 5.56 Å². The molecule has 4 rings (SSSR count). The molecule has 0 radical (unpaired) electrons. The number of thiocarbonyl (C=S) groups is 1. The molecular formula is C22H18N6O2S2. The summed E-state index contributed by atoms with van der Waals surface area (Å²) < 4.78 is 0.596. The smallest absolute Gasteiger partial charge is 0.270 e. The Morgan fingerprint density at radius 3 is 2.72 bits per heavy atom. The number of thioether (sulfide) groups is 1. The molecule has 1 atom stereocenters. The van der Waals surface area contributed by atoms with Crippen LogP contribution in [0.3, 0.4) is 0 Å². The Labute approximate surface area is 193 Å². The number of aromatic amines is 1. The van der Waals surface area contributed by atoms with E-state index in [1.807, 2.05) is 37.3 Å². The summed E-state index contributed by atoms with van der Waals surface area (Å²) in [5.41, 5.74) is 2.46. The van der Waals surface area contributed by atoms with Crippen LogP contribution in [0, 0.1) is 18.3 Å². The zero-order valence-electron chi connectivity index (χ0n) is 16.9. The number of nitrogens with one attached hydrogen (secondary N) is 4. The number of rotatable bonds is 5. The van der Waals surface area contributed by atoms with E-state index in [0.717, 1.165) is 11.3 Å². The zero-order valence-corrected chi connectivity index (χ0v) is 18.6. The van der Waals surface area contributed by atoms with Crippen molar-refractivity contribution in [3.63, 3.8) is 0 Å². The van der Waals surface area contributed by atoms with Crippen LogP contribution in [-0.2, 0) is 4.79 Å². The van der Waals surface area contributed by atoms with Gasteiger partial charge in [0.05, 0.1) is 5.69 Å². The maximum absolute atomic E-state index is 12.5. The highest BCUT2D eigenvalue weighted by atomic mass is 32.2. The van der Waals surface area contributed by atoms with Crippen LogP contribution >= 0.6 is 24.0 Å². The van der Waals surface area contributed by atoms with Crippen LogP contribution in [0.15, 0.2) is 53.3 Å². The van der Waals surface area contributed by atoms with Crippen molar-refractivity contribution in [3.8, 4) is 17.3 Å². The van der Waals surface area contributed by atoms with E-state index in [4.69, 9.17) is 12.2 Å². The van der Waals surface area contributed by atoms with Crippen LogP contribution in [0.5, 0.6) is 0 Å². The normalized spacial score (nSPS) is 15.0. The van der Waals surface area contributed by atoms with Gasteiger partial charge in [0, 0.05) is 22.7 Å². The van der Waals surface area contributed by atoms with Crippen molar-refractivity contribution < 1.29 is 4.79 Å². The Bertz CT molecular complexity index is 1300.